The van der Waals surface area contributed by atoms with Gasteiger partial charge in [0.1, 0.15) is 0 Å². The lowest BCUT2D eigenvalue weighted by Crippen LogP contribution is -2.50. The van der Waals surface area contributed by atoms with E-state index in [4.69, 9.17) is 0 Å². The second-order valence-electron chi connectivity index (χ2n) is 5.29. The molecule has 0 unspecified atom stereocenters. The van der Waals surface area contributed by atoms with Gasteiger partial charge in [0.15, 0.2) is 0 Å². The number of hydrogen-bond donors (Lipinski definition) is 1. The van der Waals surface area contributed by atoms with E-state index in [0.29, 0.717) is 4.88 Å². The average molecular weight is 309 g/mol. The monoisotopic (exact) mass is 309 g/mol. The third kappa shape index (κ3) is 2.48. The van der Waals surface area contributed by atoms with Gasteiger partial charge in [0.2, 0.25) is 5.03 Å². The van der Waals surface area contributed by atoms with Crippen LogP contribution in [0, 0.1) is 0 Å². The molecule has 0 aliphatic heterocycles. The van der Waals surface area contributed by atoms with E-state index in [9.17, 15) is 8.42 Å². The Morgan fingerprint density at radius 3 is 2.55 bits per heavy atom. The van der Waals surface area contributed by atoms with Crippen LogP contribution in [0.2, 0.25) is 0 Å². The first-order valence-electron chi connectivity index (χ1n) is 6.42. The summed E-state index contributed by atoms with van der Waals surface area (Å²) >= 11 is 1.10. The molecule has 0 amide bonds. The highest BCUT2D eigenvalue weighted by atomic mass is 32.2. The molecule has 1 saturated carbocycles. The fourth-order valence-corrected chi connectivity index (χ4v) is 4.82. The predicted octanol–water partition coefficient (Wildman–Crippen LogP) is 2.43. The molecule has 20 heavy (non-hydrogen) atoms. The maximum Gasteiger partial charge on any atom is 0.261 e. The molecule has 0 spiro atoms. The SMILES string of the molecule is CC1(NS(=O)(=O)c2nnsc2-c2ccccc2)CCC1. The smallest absolute Gasteiger partial charge is 0.205 e. The van der Waals surface area contributed by atoms with E-state index in [1.807, 2.05) is 37.3 Å². The number of nitrogens with one attached hydrogen (secondary N) is 1. The molecule has 106 valence electrons. The average Bonchev–Trinajstić information content (AvgIpc) is 2.87. The minimum atomic E-state index is -3.63. The summed E-state index contributed by atoms with van der Waals surface area (Å²) < 4.78 is 31.5. The van der Waals surface area contributed by atoms with Crippen LogP contribution >= 0.6 is 11.5 Å². The second-order valence-corrected chi connectivity index (χ2v) is 7.64. The summed E-state index contributed by atoms with van der Waals surface area (Å²) in [5, 5.41) is 3.85. The first-order chi connectivity index (χ1) is 9.50. The summed E-state index contributed by atoms with van der Waals surface area (Å²) in [5.41, 5.74) is 0.484. The second kappa shape index (κ2) is 4.91. The van der Waals surface area contributed by atoms with E-state index < -0.39 is 10.0 Å². The molecule has 0 bridgehead atoms. The number of benzene rings is 1. The van der Waals surface area contributed by atoms with Gasteiger partial charge in [-0.2, -0.15) is 0 Å². The molecule has 0 saturated heterocycles. The number of hydrogen-bond acceptors (Lipinski definition) is 5. The van der Waals surface area contributed by atoms with E-state index in [1.54, 1.807) is 0 Å². The predicted molar refractivity (Wildman–Crippen MR) is 77.9 cm³/mol. The van der Waals surface area contributed by atoms with Crippen LogP contribution in [-0.4, -0.2) is 23.5 Å². The van der Waals surface area contributed by atoms with Crippen molar-refractivity contribution in [3.63, 3.8) is 0 Å². The molecule has 0 atom stereocenters. The Morgan fingerprint density at radius 1 is 1.25 bits per heavy atom. The number of aromatic nitrogens is 2. The Morgan fingerprint density at radius 2 is 1.95 bits per heavy atom. The molecule has 3 rings (SSSR count). The van der Waals surface area contributed by atoms with Crippen molar-refractivity contribution in [1.29, 1.82) is 0 Å². The lowest BCUT2D eigenvalue weighted by Gasteiger charge is -2.38. The van der Waals surface area contributed by atoms with Crippen LogP contribution in [-0.2, 0) is 10.0 Å². The van der Waals surface area contributed by atoms with E-state index >= 15 is 0 Å². The topological polar surface area (TPSA) is 72.0 Å². The third-order valence-corrected chi connectivity index (χ3v) is 6.05. The molecule has 1 N–H and O–H groups in total. The molecule has 1 heterocycles. The van der Waals surface area contributed by atoms with Crippen LogP contribution < -0.4 is 4.72 Å². The van der Waals surface area contributed by atoms with Crippen LogP contribution in [0.4, 0.5) is 0 Å². The zero-order valence-electron chi connectivity index (χ0n) is 11.0. The van der Waals surface area contributed by atoms with Gasteiger partial charge in [0.05, 0.1) is 4.88 Å². The summed E-state index contributed by atoms with van der Waals surface area (Å²) in [6.45, 7) is 1.93. The molecular formula is C13H15N3O2S2. The quantitative estimate of drug-likeness (QED) is 0.941. The molecule has 2 aromatic rings. The zero-order chi connectivity index (χ0) is 14.2. The van der Waals surface area contributed by atoms with Crippen molar-refractivity contribution in [1.82, 2.24) is 14.3 Å². The molecular weight excluding hydrogens is 294 g/mol. The van der Waals surface area contributed by atoms with Gasteiger partial charge in [-0.05, 0) is 43.3 Å². The van der Waals surface area contributed by atoms with Crippen molar-refractivity contribution in [2.45, 2.75) is 36.8 Å². The van der Waals surface area contributed by atoms with E-state index in [1.165, 1.54) is 0 Å². The van der Waals surface area contributed by atoms with Crippen LogP contribution in [0.25, 0.3) is 10.4 Å². The van der Waals surface area contributed by atoms with Gasteiger partial charge < -0.3 is 0 Å². The number of sulfonamides is 1. The molecule has 1 aromatic heterocycles. The fourth-order valence-electron chi connectivity index (χ4n) is 2.31. The van der Waals surface area contributed by atoms with Gasteiger partial charge >= 0.3 is 0 Å². The minimum absolute atomic E-state index is 0.0295. The van der Waals surface area contributed by atoms with Crippen LogP contribution in [0.15, 0.2) is 35.4 Å². The highest BCUT2D eigenvalue weighted by Crippen LogP contribution is 2.34. The van der Waals surface area contributed by atoms with Gasteiger partial charge in [-0.25, -0.2) is 13.1 Å². The lowest BCUT2D eigenvalue weighted by atomic mass is 9.80. The Balaban J connectivity index is 1.97. The standard InChI is InChI=1S/C13H15N3O2S2/c1-13(8-5-9-13)15-20(17,18)12-11(19-16-14-12)10-6-3-2-4-7-10/h2-4,6-7,15H,5,8-9H2,1H3. The lowest BCUT2D eigenvalue weighted by molar-refractivity contribution is 0.247. The first kappa shape index (κ1) is 13.7. The highest BCUT2D eigenvalue weighted by molar-refractivity contribution is 7.89. The van der Waals surface area contributed by atoms with Gasteiger partial charge in [-0.15, -0.1) is 5.10 Å². The largest absolute Gasteiger partial charge is 0.261 e. The Hall–Kier alpha value is -1.31. The normalized spacial score (nSPS) is 17.6. The van der Waals surface area contributed by atoms with E-state index in [0.717, 1.165) is 36.4 Å². The van der Waals surface area contributed by atoms with Crippen molar-refractivity contribution in [2.75, 3.05) is 0 Å². The van der Waals surface area contributed by atoms with Gasteiger partial charge in [-0.1, -0.05) is 34.8 Å². The fraction of sp³-hybridized carbons (Fsp3) is 0.385. The van der Waals surface area contributed by atoms with Crippen molar-refractivity contribution in [2.24, 2.45) is 0 Å². The maximum absolute atomic E-state index is 12.5. The Bertz CT molecular complexity index is 706. The van der Waals surface area contributed by atoms with E-state index in [2.05, 4.69) is 14.3 Å². The molecule has 1 aliphatic carbocycles. The summed E-state index contributed by atoms with van der Waals surface area (Å²) in [4.78, 5) is 0.584. The van der Waals surface area contributed by atoms with Crippen molar-refractivity contribution in [3.8, 4) is 10.4 Å². The van der Waals surface area contributed by atoms with E-state index in [-0.39, 0.29) is 10.6 Å². The molecule has 1 aromatic carbocycles. The summed E-state index contributed by atoms with van der Waals surface area (Å²) in [6.07, 6.45) is 2.79. The number of nitrogens with zero attached hydrogens (tertiary/aromatic N) is 2. The Labute approximate surface area is 122 Å². The Kier molecular flexibility index (Phi) is 3.35. The molecule has 5 nitrogen and oxygen atoms in total. The van der Waals surface area contributed by atoms with Gasteiger partial charge in [0.25, 0.3) is 10.0 Å². The van der Waals surface area contributed by atoms with Crippen molar-refractivity contribution >= 4 is 21.6 Å². The van der Waals surface area contributed by atoms with Gasteiger partial charge in [0, 0.05) is 5.54 Å². The first-order valence-corrected chi connectivity index (χ1v) is 8.68. The minimum Gasteiger partial charge on any atom is -0.205 e. The number of rotatable bonds is 4. The molecule has 7 heteroatoms. The zero-order valence-corrected chi connectivity index (χ0v) is 12.7. The third-order valence-electron chi connectivity index (χ3n) is 3.59. The molecule has 1 fully saturated rings. The summed E-state index contributed by atoms with van der Waals surface area (Å²) in [5.74, 6) is 0. The van der Waals surface area contributed by atoms with Crippen LogP contribution in [0.1, 0.15) is 26.2 Å². The summed E-state index contributed by atoms with van der Waals surface area (Å²) in [6, 6.07) is 9.34. The summed E-state index contributed by atoms with van der Waals surface area (Å²) in [7, 11) is -3.63. The van der Waals surface area contributed by atoms with Crippen molar-refractivity contribution in [3.05, 3.63) is 30.3 Å². The van der Waals surface area contributed by atoms with Gasteiger partial charge in [-0.3, -0.25) is 0 Å². The highest BCUT2D eigenvalue weighted by Gasteiger charge is 2.38. The van der Waals surface area contributed by atoms with Crippen LogP contribution in [0.3, 0.4) is 0 Å². The van der Waals surface area contributed by atoms with Crippen LogP contribution in [0.5, 0.6) is 0 Å². The maximum atomic E-state index is 12.5. The molecule has 0 radical (unpaired) electrons. The van der Waals surface area contributed by atoms with Crippen molar-refractivity contribution < 1.29 is 8.42 Å². The molecule has 1 aliphatic rings.